The van der Waals surface area contributed by atoms with E-state index in [-0.39, 0.29) is 5.91 Å². The number of fused-ring (bicyclic) bond motifs is 3. The number of thiazole rings is 1. The van der Waals surface area contributed by atoms with E-state index in [2.05, 4.69) is 36.3 Å². The van der Waals surface area contributed by atoms with E-state index in [4.69, 9.17) is 4.74 Å². The van der Waals surface area contributed by atoms with Gasteiger partial charge in [0.2, 0.25) is 5.91 Å². The maximum absolute atomic E-state index is 12.4. The highest BCUT2D eigenvalue weighted by Gasteiger charge is 2.22. The van der Waals surface area contributed by atoms with Crippen LogP contribution in [0.25, 0.3) is 11.3 Å². The molecule has 4 nitrogen and oxygen atoms in total. The molecular formula is C21H20N2O2S2. The lowest BCUT2D eigenvalue weighted by Crippen LogP contribution is -2.14. The average molecular weight is 397 g/mol. The Labute approximate surface area is 167 Å². The first kappa shape index (κ1) is 18.1. The van der Waals surface area contributed by atoms with Crippen LogP contribution in [0.1, 0.15) is 24.3 Å². The zero-order valence-corrected chi connectivity index (χ0v) is 16.8. The molecule has 6 heteroatoms. The molecule has 1 aliphatic heterocycles. The lowest BCUT2D eigenvalue weighted by molar-refractivity contribution is -0.115. The van der Waals surface area contributed by atoms with E-state index < -0.39 is 0 Å². The van der Waals surface area contributed by atoms with Crippen LogP contribution in [0.4, 0.5) is 5.13 Å². The zero-order chi connectivity index (χ0) is 18.8. The van der Waals surface area contributed by atoms with E-state index in [1.165, 1.54) is 16.2 Å². The molecule has 0 unspecified atom stereocenters. The Morgan fingerprint density at radius 2 is 2.00 bits per heavy atom. The highest BCUT2D eigenvalue weighted by molar-refractivity contribution is 7.99. The van der Waals surface area contributed by atoms with Gasteiger partial charge in [-0.1, -0.05) is 49.4 Å². The monoisotopic (exact) mass is 396 g/mol. The van der Waals surface area contributed by atoms with E-state index in [0.717, 1.165) is 27.4 Å². The quantitative estimate of drug-likeness (QED) is 0.588. The molecule has 0 atom stereocenters. The van der Waals surface area contributed by atoms with Gasteiger partial charge in [0, 0.05) is 15.7 Å². The number of carbonyl (C=O) groups is 1. The number of aromatic nitrogens is 1. The summed E-state index contributed by atoms with van der Waals surface area (Å²) in [7, 11) is 0. The molecule has 0 spiro atoms. The molecule has 0 saturated heterocycles. The number of amides is 1. The van der Waals surface area contributed by atoms with E-state index in [1.54, 1.807) is 0 Å². The van der Waals surface area contributed by atoms with E-state index in [9.17, 15) is 4.79 Å². The second-order valence-corrected chi connectivity index (χ2v) is 9.34. The molecule has 0 bridgehead atoms. The molecule has 1 aromatic heterocycles. The number of hydrogen-bond acceptors (Lipinski definition) is 5. The van der Waals surface area contributed by atoms with Crippen LogP contribution in [0, 0.1) is 0 Å². The predicted octanol–water partition coefficient (Wildman–Crippen LogP) is 5.38. The van der Waals surface area contributed by atoms with Gasteiger partial charge in [0.1, 0.15) is 12.4 Å². The number of benzene rings is 2. The molecule has 0 radical (unpaired) electrons. The van der Waals surface area contributed by atoms with Crippen molar-refractivity contribution in [2.24, 2.45) is 0 Å². The van der Waals surface area contributed by atoms with Crippen molar-refractivity contribution in [2.45, 2.75) is 37.0 Å². The fourth-order valence-corrected chi connectivity index (χ4v) is 4.69. The van der Waals surface area contributed by atoms with Gasteiger partial charge in [0.05, 0.1) is 17.0 Å². The van der Waals surface area contributed by atoms with Crippen molar-refractivity contribution >= 4 is 34.1 Å². The minimum Gasteiger partial charge on any atom is -0.487 e. The molecule has 4 rings (SSSR count). The van der Waals surface area contributed by atoms with Crippen molar-refractivity contribution in [3.05, 3.63) is 59.0 Å². The summed E-state index contributed by atoms with van der Waals surface area (Å²) in [4.78, 5) is 19.3. The molecule has 2 heterocycles. The van der Waals surface area contributed by atoms with Crippen LogP contribution in [0.5, 0.6) is 5.75 Å². The highest BCUT2D eigenvalue weighted by atomic mass is 32.2. The zero-order valence-electron chi connectivity index (χ0n) is 15.2. The molecule has 0 saturated carbocycles. The average Bonchev–Trinajstić information content (AvgIpc) is 3.05. The van der Waals surface area contributed by atoms with Gasteiger partial charge in [-0.3, -0.25) is 4.79 Å². The van der Waals surface area contributed by atoms with Crippen molar-refractivity contribution in [1.82, 2.24) is 4.98 Å². The van der Waals surface area contributed by atoms with Crippen molar-refractivity contribution in [3.8, 4) is 17.0 Å². The molecule has 3 aromatic rings. The number of nitrogens with zero attached hydrogens (tertiary/aromatic N) is 1. The van der Waals surface area contributed by atoms with Crippen molar-refractivity contribution < 1.29 is 9.53 Å². The minimum atomic E-state index is -0.0560. The van der Waals surface area contributed by atoms with Gasteiger partial charge < -0.3 is 10.1 Å². The first-order chi connectivity index (χ1) is 13.1. The summed E-state index contributed by atoms with van der Waals surface area (Å²) in [5, 5.41) is 4.10. The van der Waals surface area contributed by atoms with Crippen LogP contribution in [-0.4, -0.2) is 16.1 Å². The number of carbonyl (C=O) groups excluding carboxylic acids is 1. The molecule has 27 heavy (non-hydrogen) atoms. The summed E-state index contributed by atoms with van der Waals surface area (Å²) < 4.78 is 5.76. The minimum absolute atomic E-state index is 0.0560. The predicted molar refractivity (Wildman–Crippen MR) is 112 cm³/mol. The highest BCUT2D eigenvalue weighted by Crippen LogP contribution is 2.40. The van der Waals surface area contributed by atoms with Crippen LogP contribution in [0.3, 0.4) is 0 Å². The number of rotatable bonds is 5. The van der Waals surface area contributed by atoms with Crippen LogP contribution < -0.4 is 10.1 Å². The Hall–Kier alpha value is -2.31. The number of anilines is 1. The van der Waals surface area contributed by atoms with E-state index in [0.29, 0.717) is 23.4 Å². The summed E-state index contributed by atoms with van der Waals surface area (Å²) in [6.07, 6.45) is 0.337. The molecule has 2 aromatic carbocycles. The molecule has 1 N–H and O–H groups in total. The SMILES string of the molecule is CC(C)Sc1ccc(CC(=O)Nc2nc3c(s2)COc2ccccc2-3)cc1. The smallest absolute Gasteiger partial charge is 0.230 e. The second kappa shape index (κ2) is 7.74. The molecule has 138 valence electrons. The van der Waals surface area contributed by atoms with Crippen molar-refractivity contribution in [3.63, 3.8) is 0 Å². The van der Waals surface area contributed by atoms with Gasteiger partial charge in [-0.05, 0) is 29.8 Å². The summed E-state index contributed by atoms with van der Waals surface area (Å²) in [5.41, 5.74) is 2.89. The Kier molecular flexibility index (Phi) is 5.18. The summed E-state index contributed by atoms with van der Waals surface area (Å²) in [5.74, 6) is 0.784. The first-order valence-corrected chi connectivity index (χ1v) is 10.6. The lowest BCUT2D eigenvalue weighted by atomic mass is 10.1. The molecular weight excluding hydrogens is 376 g/mol. The van der Waals surface area contributed by atoms with Crippen LogP contribution >= 0.6 is 23.1 Å². The maximum atomic E-state index is 12.4. The van der Waals surface area contributed by atoms with Crippen LogP contribution in [-0.2, 0) is 17.8 Å². The van der Waals surface area contributed by atoms with Gasteiger partial charge in [0.25, 0.3) is 0 Å². The fourth-order valence-electron chi connectivity index (χ4n) is 2.95. The summed E-state index contributed by atoms with van der Waals surface area (Å²) in [6, 6.07) is 16.0. The van der Waals surface area contributed by atoms with Gasteiger partial charge in [-0.25, -0.2) is 4.98 Å². The second-order valence-electron chi connectivity index (χ2n) is 6.61. The molecule has 1 aliphatic rings. The molecule has 0 aliphatic carbocycles. The topological polar surface area (TPSA) is 51.2 Å². The largest absolute Gasteiger partial charge is 0.487 e. The molecule has 0 fully saturated rings. The standard InChI is InChI=1S/C21H20N2O2S2/c1-13(2)26-15-9-7-14(8-10-15)11-19(24)22-21-23-20-16-5-3-4-6-17(16)25-12-18(20)27-21/h3-10,13H,11-12H2,1-2H3,(H,22,23,24). The number of para-hydroxylation sites is 1. The first-order valence-electron chi connectivity index (χ1n) is 8.86. The third-order valence-electron chi connectivity index (χ3n) is 4.10. The third kappa shape index (κ3) is 4.17. The number of ether oxygens (including phenoxy) is 1. The van der Waals surface area contributed by atoms with Gasteiger partial charge in [-0.15, -0.1) is 11.8 Å². The summed E-state index contributed by atoms with van der Waals surface area (Å²) in [6.45, 7) is 4.83. The molecule has 1 amide bonds. The van der Waals surface area contributed by atoms with Gasteiger partial charge in [0.15, 0.2) is 5.13 Å². The Morgan fingerprint density at radius 3 is 2.78 bits per heavy atom. The van der Waals surface area contributed by atoms with E-state index in [1.807, 2.05) is 48.2 Å². The summed E-state index contributed by atoms with van der Waals surface area (Å²) >= 11 is 3.29. The number of hydrogen-bond donors (Lipinski definition) is 1. The fraction of sp³-hybridized carbons (Fsp3) is 0.238. The van der Waals surface area contributed by atoms with Crippen LogP contribution in [0.2, 0.25) is 0 Å². The number of nitrogens with one attached hydrogen (secondary N) is 1. The van der Waals surface area contributed by atoms with Crippen molar-refractivity contribution in [1.29, 1.82) is 0 Å². The normalized spacial score (nSPS) is 12.3. The number of thioether (sulfide) groups is 1. The maximum Gasteiger partial charge on any atom is 0.230 e. The Morgan fingerprint density at radius 1 is 1.22 bits per heavy atom. The van der Waals surface area contributed by atoms with E-state index >= 15 is 0 Å². The van der Waals surface area contributed by atoms with Crippen LogP contribution in [0.15, 0.2) is 53.4 Å². The van der Waals surface area contributed by atoms with Crippen molar-refractivity contribution in [2.75, 3.05) is 5.32 Å². The Bertz CT molecular complexity index is 965. The third-order valence-corrected chi connectivity index (χ3v) is 6.06. The van der Waals surface area contributed by atoms with Gasteiger partial charge >= 0.3 is 0 Å². The lowest BCUT2D eigenvalue weighted by Gasteiger charge is -2.15. The van der Waals surface area contributed by atoms with Gasteiger partial charge in [-0.2, -0.15) is 0 Å². The Balaban J connectivity index is 1.43.